The summed E-state index contributed by atoms with van der Waals surface area (Å²) < 4.78 is 0. The molecule has 0 amide bonds. The molecule has 0 bridgehead atoms. The monoisotopic (exact) mass is 118 g/mol. The molecule has 52 valence electrons. The van der Waals surface area contributed by atoms with Crippen molar-refractivity contribution in [2.24, 2.45) is 5.92 Å². The highest BCUT2D eigenvalue weighted by molar-refractivity contribution is 4.32. The molecular weight excluding hydrogens is 100 g/mol. The van der Waals surface area contributed by atoms with E-state index < -0.39 is 0 Å². The molecule has 8 heavy (non-hydrogen) atoms. The van der Waals surface area contributed by atoms with Crippen LogP contribution in [-0.4, -0.2) is 11.7 Å². The predicted octanol–water partition coefficient (Wildman–Crippen LogP) is 2.05. The van der Waals surface area contributed by atoms with Crippen molar-refractivity contribution in [3.05, 3.63) is 0 Å². The number of hydrogen-bond acceptors (Lipinski definition) is 1. The third-order valence-corrected chi connectivity index (χ3v) is 0.816. The maximum atomic E-state index is 7.57. The topological polar surface area (TPSA) is 20.2 Å². The molecule has 0 saturated carbocycles. The summed E-state index contributed by atoms with van der Waals surface area (Å²) in [6.45, 7) is 8.57. The van der Waals surface area contributed by atoms with E-state index in [-0.39, 0.29) is 6.61 Å². The quantitative estimate of drug-likeness (QED) is 0.558. The maximum Gasteiger partial charge on any atom is 0.0402 e. The van der Waals surface area contributed by atoms with E-state index in [2.05, 4.69) is 20.8 Å². The minimum absolute atomic E-state index is 0.250. The second-order valence-corrected chi connectivity index (χ2v) is 2.12. The molecule has 1 heteroatoms. The van der Waals surface area contributed by atoms with Crippen LogP contribution in [0.1, 0.15) is 34.1 Å². The van der Waals surface area contributed by atoms with Crippen molar-refractivity contribution >= 4 is 0 Å². The van der Waals surface area contributed by atoms with E-state index in [0.29, 0.717) is 0 Å². The molecule has 1 nitrogen and oxygen atoms in total. The van der Waals surface area contributed by atoms with Crippen LogP contribution in [0.25, 0.3) is 0 Å². The van der Waals surface area contributed by atoms with Gasteiger partial charge in [0.1, 0.15) is 0 Å². The molecule has 0 aromatic heterocycles. The van der Waals surface area contributed by atoms with Crippen molar-refractivity contribution in [2.75, 3.05) is 6.61 Å². The fraction of sp³-hybridized carbons (Fsp3) is 1.00. The molecule has 0 aromatic carbocycles. The van der Waals surface area contributed by atoms with Crippen molar-refractivity contribution in [1.29, 1.82) is 0 Å². The molecule has 0 heterocycles. The van der Waals surface area contributed by atoms with E-state index in [4.69, 9.17) is 5.11 Å². The first-order valence-electron chi connectivity index (χ1n) is 3.29. The summed E-state index contributed by atoms with van der Waals surface area (Å²) in [6.07, 6.45) is 1.31. The van der Waals surface area contributed by atoms with E-state index in [1.54, 1.807) is 6.92 Å². The molecule has 0 rings (SSSR count). The van der Waals surface area contributed by atoms with E-state index in [1.807, 2.05) is 0 Å². The van der Waals surface area contributed by atoms with Crippen LogP contribution in [0.2, 0.25) is 0 Å². The summed E-state index contributed by atoms with van der Waals surface area (Å²) in [5, 5.41) is 7.57. The van der Waals surface area contributed by atoms with Crippen LogP contribution in [0.3, 0.4) is 0 Å². The highest BCUT2D eigenvalue weighted by Crippen LogP contribution is 1.93. The van der Waals surface area contributed by atoms with Crippen molar-refractivity contribution in [3.8, 4) is 0 Å². The molecule has 0 spiro atoms. The van der Waals surface area contributed by atoms with Crippen LogP contribution in [-0.2, 0) is 0 Å². The summed E-state index contributed by atoms with van der Waals surface area (Å²) in [6, 6.07) is 0. The van der Waals surface area contributed by atoms with Gasteiger partial charge in [0.25, 0.3) is 0 Å². The Morgan fingerprint density at radius 2 is 1.38 bits per heavy atom. The van der Waals surface area contributed by atoms with Crippen molar-refractivity contribution in [3.63, 3.8) is 0 Å². The van der Waals surface area contributed by atoms with Gasteiger partial charge in [0, 0.05) is 6.61 Å². The fourth-order valence-electron chi connectivity index (χ4n) is 0. The molecule has 1 N–H and O–H groups in total. The second-order valence-electron chi connectivity index (χ2n) is 2.12. The lowest BCUT2D eigenvalue weighted by atomic mass is 10.2. The number of aliphatic hydroxyl groups is 1. The highest BCUT2D eigenvalue weighted by atomic mass is 16.2. The van der Waals surface area contributed by atoms with Crippen LogP contribution in [0.5, 0.6) is 0 Å². The van der Waals surface area contributed by atoms with Crippen LogP contribution in [0.4, 0.5) is 0 Å². The van der Waals surface area contributed by atoms with Crippen LogP contribution < -0.4 is 0 Å². The molecule has 0 saturated heterocycles. The second kappa shape index (κ2) is 10.0. The Morgan fingerprint density at radius 1 is 1.25 bits per heavy atom. The average molecular weight is 118 g/mol. The van der Waals surface area contributed by atoms with Crippen molar-refractivity contribution in [2.45, 2.75) is 34.1 Å². The first-order valence-corrected chi connectivity index (χ1v) is 3.29. The SMILES string of the molecule is CCC(C)C.CCO. The molecule has 0 aromatic rings. The van der Waals surface area contributed by atoms with Crippen molar-refractivity contribution in [1.82, 2.24) is 0 Å². The van der Waals surface area contributed by atoms with Gasteiger partial charge in [-0.1, -0.05) is 27.2 Å². The average Bonchev–Trinajstić information content (AvgIpc) is 1.69. The lowest BCUT2D eigenvalue weighted by Crippen LogP contribution is -1.77. The highest BCUT2D eigenvalue weighted by Gasteiger charge is 1.80. The molecule has 0 aliphatic rings. The molecule has 0 fully saturated rings. The van der Waals surface area contributed by atoms with Crippen LogP contribution in [0, 0.1) is 5.92 Å². The first-order chi connectivity index (χ1) is 3.68. The molecular formula is C7H18O. The minimum atomic E-state index is 0.250. The molecule has 0 aliphatic carbocycles. The van der Waals surface area contributed by atoms with Gasteiger partial charge in [0.05, 0.1) is 0 Å². The predicted molar refractivity (Wildman–Crippen MR) is 37.9 cm³/mol. The van der Waals surface area contributed by atoms with Gasteiger partial charge in [-0.2, -0.15) is 0 Å². The number of rotatable bonds is 1. The van der Waals surface area contributed by atoms with Crippen LogP contribution in [0.15, 0.2) is 0 Å². The van der Waals surface area contributed by atoms with Crippen LogP contribution >= 0.6 is 0 Å². The minimum Gasteiger partial charge on any atom is -0.397 e. The Labute approximate surface area is 52.7 Å². The standard InChI is InChI=1S/C5H12.C2H6O/c1-4-5(2)3;1-2-3/h5H,4H2,1-3H3;3H,2H2,1H3. The van der Waals surface area contributed by atoms with Crippen molar-refractivity contribution < 1.29 is 5.11 Å². The molecule has 0 radical (unpaired) electrons. The fourth-order valence-corrected chi connectivity index (χ4v) is 0. The van der Waals surface area contributed by atoms with Gasteiger partial charge in [0.15, 0.2) is 0 Å². The zero-order valence-electron chi connectivity index (χ0n) is 6.44. The molecule has 0 aliphatic heterocycles. The van der Waals surface area contributed by atoms with Gasteiger partial charge in [-0.15, -0.1) is 0 Å². The van der Waals surface area contributed by atoms with E-state index >= 15 is 0 Å². The summed E-state index contributed by atoms with van der Waals surface area (Å²) in [4.78, 5) is 0. The largest absolute Gasteiger partial charge is 0.397 e. The van der Waals surface area contributed by atoms with Gasteiger partial charge in [0.2, 0.25) is 0 Å². The van der Waals surface area contributed by atoms with Gasteiger partial charge < -0.3 is 5.11 Å². The number of aliphatic hydroxyl groups excluding tert-OH is 1. The van der Waals surface area contributed by atoms with Gasteiger partial charge in [-0.3, -0.25) is 0 Å². The summed E-state index contributed by atoms with van der Waals surface area (Å²) in [7, 11) is 0. The third kappa shape index (κ3) is 38.2. The molecule has 0 unspecified atom stereocenters. The number of hydrogen-bond donors (Lipinski definition) is 1. The Balaban J connectivity index is 0. The van der Waals surface area contributed by atoms with Gasteiger partial charge in [-0.05, 0) is 12.8 Å². The summed E-state index contributed by atoms with van der Waals surface area (Å²) >= 11 is 0. The summed E-state index contributed by atoms with van der Waals surface area (Å²) in [5.74, 6) is 0.884. The Kier molecular flexibility index (Phi) is 13.6. The smallest absolute Gasteiger partial charge is 0.0402 e. The zero-order chi connectivity index (χ0) is 6.99. The van der Waals surface area contributed by atoms with E-state index in [1.165, 1.54) is 6.42 Å². The lowest BCUT2D eigenvalue weighted by Gasteiger charge is -1.90. The Hall–Kier alpha value is -0.0400. The van der Waals surface area contributed by atoms with Gasteiger partial charge >= 0.3 is 0 Å². The maximum absolute atomic E-state index is 7.57. The first kappa shape index (κ1) is 10.9. The zero-order valence-corrected chi connectivity index (χ0v) is 6.44. The lowest BCUT2D eigenvalue weighted by molar-refractivity contribution is 0.318. The van der Waals surface area contributed by atoms with E-state index in [0.717, 1.165) is 5.92 Å². The Morgan fingerprint density at radius 3 is 1.38 bits per heavy atom. The third-order valence-electron chi connectivity index (χ3n) is 0.816. The summed E-state index contributed by atoms with van der Waals surface area (Å²) in [5.41, 5.74) is 0. The van der Waals surface area contributed by atoms with Gasteiger partial charge in [-0.25, -0.2) is 0 Å². The molecule has 0 atom stereocenters. The Bertz CT molecular complexity index is 25.6. The normalized spacial score (nSPS) is 8.25. The van der Waals surface area contributed by atoms with E-state index in [9.17, 15) is 0 Å².